The standard InChI is InChI=1S/C19H16F8N2O5/c1-2-10-3-4-13(14(20)5-10)17(21,22)32-11-6-28-15(29-7-11)18(23,24)33-12-8-30-16(31-9-12)34-19(25,26)27/h3-7,12,16H,2,8-9H2,1H3. The van der Waals surface area contributed by atoms with Crippen molar-refractivity contribution in [2.24, 2.45) is 0 Å². The van der Waals surface area contributed by atoms with Crippen LogP contribution in [0.15, 0.2) is 30.6 Å². The van der Waals surface area contributed by atoms with Crippen molar-refractivity contribution in [2.45, 2.75) is 44.5 Å². The molecule has 0 bridgehead atoms. The molecular weight excluding hydrogens is 488 g/mol. The van der Waals surface area contributed by atoms with Gasteiger partial charge in [0.25, 0.3) is 6.48 Å². The van der Waals surface area contributed by atoms with Gasteiger partial charge < -0.3 is 18.9 Å². The van der Waals surface area contributed by atoms with E-state index in [0.717, 1.165) is 12.1 Å². The van der Waals surface area contributed by atoms with Crippen LogP contribution in [0.25, 0.3) is 0 Å². The SMILES string of the molecule is CCc1ccc(C(F)(F)Oc2cnc(C(F)(F)OC3COC(OC(F)(F)F)OC3)nc2)c(F)c1. The fourth-order valence-corrected chi connectivity index (χ4v) is 2.71. The molecule has 3 rings (SSSR count). The Bertz CT molecular complexity index is 966. The predicted molar refractivity (Wildman–Crippen MR) is 93.9 cm³/mol. The van der Waals surface area contributed by atoms with E-state index < -0.39 is 67.3 Å². The Hall–Kier alpha value is -2.62. The Kier molecular flexibility index (Phi) is 7.59. The van der Waals surface area contributed by atoms with E-state index in [2.05, 4.69) is 33.7 Å². The summed E-state index contributed by atoms with van der Waals surface area (Å²) in [5.41, 5.74) is -0.600. The fraction of sp³-hybridized carbons (Fsp3) is 0.474. The number of rotatable bonds is 8. The molecule has 0 N–H and O–H groups in total. The van der Waals surface area contributed by atoms with Gasteiger partial charge in [-0.25, -0.2) is 19.1 Å². The number of hydrogen-bond donors (Lipinski definition) is 0. The highest BCUT2D eigenvalue weighted by molar-refractivity contribution is 5.28. The summed E-state index contributed by atoms with van der Waals surface area (Å²) in [5.74, 6) is -3.24. The maximum atomic E-state index is 14.3. The van der Waals surface area contributed by atoms with Gasteiger partial charge in [0.2, 0.25) is 5.82 Å². The van der Waals surface area contributed by atoms with Gasteiger partial charge in [-0.05, 0) is 24.1 Å². The number of hydrogen-bond acceptors (Lipinski definition) is 7. The molecule has 2 heterocycles. The highest BCUT2D eigenvalue weighted by atomic mass is 19.4. The normalized spacial score (nSPS) is 19.8. The third kappa shape index (κ3) is 6.71. The predicted octanol–water partition coefficient (Wildman–Crippen LogP) is 4.61. The number of halogens is 8. The maximum Gasteiger partial charge on any atom is 0.526 e. The zero-order valence-corrected chi connectivity index (χ0v) is 17.1. The van der Waals surface area contributed by atoms with E-state index in [0.29, 0.717) is 24.4 Å². The minimum Gasteiger partial charge on any atom is -0.426 e. The lowest BCUT2D eigenvalue weighted by Crippen LogP contribution is -2.43. The van der Waals surface area contributed by atoms with E-state index in [1.54, 1.807) is 6.92 Å². The molecule has 2 aromatic rings. The summed E-state index contributed by atoms with van der Waals surface area (Å²) < 4.78 is 129. The summed E-state index contributed by atoms with van der Waals surface area (Å²) in [6, 6.07) is 3.04. The number of nitrogens with zero attached hydrogens (tertiary/aromatic N) is 2. The molecule has 1 aromatic heterocycles. The summed E-state index contributed by atoms with van der Waals surface area (Å²) >= 11 is 0. The Morgan fingerprint density at radius 2 is 1.56 bits per heavy atom. The molecule has 0 aliphatic carbocycles. The zero-order chi connectivity index (χ0) is 25.1. The fourth-order valence-electron chi connectivity index (χ4n) is 2.71. The van der Waals surface area contributed by atoms with Crippen molar-refractivity contribution in [2.75, 3.05) is 13.2 Å². The minimum absolute atomic E-state index is 0.413. The molecule has 34 heavy (non-hydrogen) atoms. The van der Waals surface area contributed by atoms with Crippen LogP contribution in [-0.4, -0.2) is 42.1 Å². The van der Waals surface area contributed by atoms with Crippen LogP contribution < -0.4 is 4.74 Å². The summed E-state index contributed by atoms with van der Waals surface area (Å²) in [7, 11) is 0. The van der Waals surface area contributed by atoms with E-state index in [-0.39, 0.29) is 0 Å². The van der Waals surface area contributed by atoms with Crippen LogP contribution in [0.5, 0.6) is 5.75 Å². The van der Waals surface area contributed by atoms with Gasteiger partial charge in [0.15, 0.2) is 5.75 Å². The molecule has 0 radical (unpaired) electrons. The summed E-state index contributed by atoms with van der Waals surface area (Å²) in [5, 5.41) is 0. The number of alkyl halides is 7. The Balaban J connectivity index is 1.61. The third-order valence-corrected chi connectivity index (χ3v) is 4.27. The first-order valence-electron chi connectivity index (χ1n) is 9.50. The van der Waals surface area contributed by atoms with Crippen molar-refractivity contribution in [1.82, 2.24) is 9.97 Å². The first-order valence-corrected chi connectivity index (χ1v) is 9.50. The monoisotopic (exact) mass is 504 g/mol. The second-order valence-electron chi connectivity index (χ2n) is 6.80. The molecule has 1 aromatic carbocycles. The van der Waals surface area contributed by atoms with Crippen molar-refractivity contribution in [3.8, 4) is 5.75 Å². The lowest BCUT2D eigenvalue weighted by Gasteiger charge is -2.30. The van der Waals surface area contributed by atoms with Gasteiger partial charge in [-0.1, -0.05) is 13.0 Å². The molecule has 1 fully saturated rings. The molecule has 188 valence electrons. The lowest BCUT2D eigenvalue weighted by atomic mass is 10.1. The number of aromatic nitrogens is 2. The van der Waals surface area contributed by atoms with Gasteiger partial charge in [0.05, 0.1) is 31.2 Å². The largest absolute Gasteiger partial charge is 0.526 e. The van der Waals surface area contributed by atoms with Crippen LogP contribution >= 0.6 is 0 Å². The van der Waals surface area contributed by atoms with Gasteiger partial charge in [0, 0.05) is 0 Å². The summed E-state index contributed by atoms with van der Waals surface area (Å²) in [4.78, 5) is 6.43. The molecule has 0 unspecified atom stereocenters. The summed E-state index contributed by atoms with van der Waals surface area (Å²) in [6.45, 7) is -1.93. The van der Waals surface area contributed by atoms with Crippen LogP contribution in [-0.2, 0) is 37.6 Å². The van der Waals surface area contributed by atoms with Crippen molar-refractivity contribution in [3.63, 3.8) is 0 Å². The van der Waals surface area contributed by atoms with Gasteiger partial charge in [-0.15, -0.1) is 13.2 Å². The molecule has 0 saturated carbocycles. The molecule has 0 spiro atoms. The highest BCUT2D eigenvalue weighted by Gasteiger charge is 2.43. The van der Waals surface area contributed by atoms with Crippen LogP contribution in [0, 0.1) is 5.82 Å². The smallest absolute Gasteiger partial charge is 0.426 e. The van der Waals surface area contributed by atoms with Crippen LogP contribution in [0.4, 0.5) is 35.1 Å². The first kappa shape index (κ1) is 26.0. The molecule has 0 amide bonds. The van der Waals surface area contributed by atoms with E-state index >= 15 is 0 Å². The molecule has 7 nitrogen and oxygen atoms in total. The van der Waals surface area contributed by atoms with Crippen LogP contribution in [0.2, 0.25) is 0 Å². The zero-order valence-electron chi connectivity index (χ0n) is 17.1. The molecule has 0 atom stereocenters. The quantitative estimate of drug-likeness (QED) is 0.487. The Morgan fingerprint density at radius 3 is 2.09 bits per heavy atom. The van der Waals surface area contributed by atoms with Crippen molar-refractivity contribution in [1.29, 1.82) is 0 Å². The van der Waals surface area contributed by atoms with E-state index in [9.17, 15) is 35.1 Å². The minimum atomic E-state index is -5.07. The van der Waals surface area contributed by atoms with Gasteiger partial charge in [-0.3, -0.25) is 0 Å². The molecule has 15 heteroatoms. The Labute approximate surface area is 186 Å². The molecule has 1 aliphatic rings. The topological polar surface area (TPSA) is 71.9 Å². The van der Waals surface area contributed by atoms with Gasteiger partial charge >= 0.3 is 18.6 Å². The second kappa shape index (κ2) is 9.93. The van der Waals surface area contributed by atoms with Crippen molar-refractivity contribution >= 4 is 0 Å². The first-order chi connectivity index (χ1) is 15.8. The average Bonchev–Trinajstić information content (AvgIpc) is 2.73. The second-order valence-corrected chi connectivity index (χ2v) is 6.80. The third-order valence-electron chi connectivity index (χ3n) is 4.27. The van der Waals surface area contributed by atoms with Crippen LogP contribution in [0.3, 0.4) is 0 Å². The summed E-state index contributed by atoms with van der Waals surface area (Å²) in [6.07, 6.45) is -13.6. The van der Waals surface area contributed by atoms with Gasteiger partial charge in [-0.2, -0.15) is 17.6 Å². The number of aryl methyl sites for hydroxylation is 1. The van der Waals surface area contributed by atoms with E-state index in [1.165, 1.54) is 6.07 Å². The molecular formula is C19H16F8N2O5. The molecule has 1 saturated heterocycles. The van der Waals surface area contributed by atoms with E-state index in [1.807, 2.05) is 0 Å². The van der Waals surface area contributed by atoms with Gasteiger partial charge in [0.1, 0.15) is 11.9 Å². The van der Waals surface area contributed by atoms with E-state index in [4.69, 9.17) is 0 Å². The van der Waals surface area contributed by atoms with Crippen LogP contribution in [0.1, 0.15) is 23.9 Å². The lowest BCUT2D eigenvalue weighted by molar-refractivity contribution is -0.451. The molecule has 1 aliphatic heterocycles. The average molecular weight is 504 g/mol. The number of ether oxygens (including phenoxy) is 5. The van der Waals surface area contributed by atoms with Crippen molar-refractivity contribution in [3.05, 3.63) is 53.4 Å². The Morgan fingerprint density at radius 1 is 0.941 bits per heavy atom. The highest BCUT2D eigenvalue weighted by Crippen LogP contribution is 2.35. The number of benzene rings is 1. The van der Waals surface area contributed by atoms with Crippen molar-refractivity contribution < 1.29 is 58.8 Å². The maximum absolute atomic E-state index is 14.3.